The predicted molar refractivity (Wildman–Crippen MR) is 98.9 cm³/mol. The van der Waals surface area contributed by atoms with Gasteiger partial charge in [-0.15, -0.1) is 10.2 Å². The number of amides is 1. The molecule has 0 radical (unpaired) electrons. The first-order valence-electron chi connectivity index (χ1n) is 8.90. The molecule has 1 amide bonds. The summed E-state index contributed by atoms with van der Waals surface area (Å²) >= 11 is 0. The Bertz CT molecular complexity index is 936. The lowest BCUT2D eigenvalue weighted by Gasteiger charge is -2.14. The Kier molecular flexibility index (Phi) is 4.82. The Hall–Kier alpha value is -3.22. The molecule has 0 aliphatic carbocycles. The Morgan fingerprint density at radius 1 is 1.07 bits per heavy atom. The highest BCUT2D eigenvalue weighted by Crippen LogP contribution is 2.24. The van der Waals surface area contributed by atoms with E-state index in [4.69, 9.17) is 4.74 Å². The lowest BCUT2D eigenvalue weighted by molar-refractivity contribution is -0.118. The number of fused-ring (bicyclic) bond motifs is 1. The number of halogens is 1. The maximum Gasteiger partial charge on any atom is 0.262 e. The SMILES string of the molecule is O=C(COc1ccc(F)cc1)Nc1ccc(-c2nnc3n2CCCC3)cc1. The summed E-state index contributed by atoms with van der Waals surface area (Å²) < 4.78 is 20.4. The van der Waals surface area contributed by atoms with Crippen LogP contribution in [0.25, 0.3) is 11.4 Å². The topological polar surface area (TPSA) is 69.0 Å². The smallest absolute Gasteiger partial charge is 0.262 e. The highest BCUT2D eigenvalue weighted by atomic mass is 19.1. The number of nitrogens with zero attached hydrogens (tertiary/aromatic N) is 3. The lowest BCUT2D eigenvalue weighted by Crippen LogP contribution is -2.20. The van der Waals surface area contributed by atoms with Gasteiger partial charge in [0.05, 0.1) is 0 Å². The van der Waals surface area contributed by atoms with E-state index < -0.39 is 0 Å². The maximum absolute atomic E-state index is 12.9. The number of anilines is 1. The largest absolute Gasteiger partial charge is 0.484 e. The van der Waals surface area contributed by atoms with Crippen molar-refractivity contribution in [2.45, 2.75) is 25.8 Å². The summed E-state index contributed by atoms with van der Waals surface area (Å²) in [7, 11) is 0. The van der Waals surface area contributed by atoms with Crippen LogP contribution < -0.4 is 10.1 Å². The standard InChI is InChI=1S/C20H19FN4O2/c21-15-6-10-17(11-7-15)27-13-19(26)22-16-8-4-14(5-9-16)20-24-23-18-3-1-2-12-25(18)20/h4-11H,1-3,12-13H2,(H,22,26). The molecule has 0 unspecified atom stereocenters. The predicted octanol–water partition coefficient (Wildman–Crippen LogP) is 3.44. The summed E-state index contributed by atoms with van der Waals surface area (Å²) in [4.78, 5) is 12.0. The molecule has 7 heteroatoms. The van der Waals surface area contributed by atoms with Crippen LogP contribution in [0.5, 0.6) is 5.75 Å². The number of aryl methyl sites for hydroxylation is 1. The summed E-state index contributed by atoms with van der Waals surface area (Å²) in [5, 5.41) is 11.4. The molecule has 0 saturated heterocycles. The van der Waals surface area contributed by atoms with Gasteiger partial charge in [0.1, 0.15) is 17.4 Å². The monoisotopic (exact) mass is 366 g/mol. The molecule has 1 aromatic heterocycles. The van der Waals surface area contributed by atoms with E-state index in [0.717, 1.165) is 43.0 Å². The number of hydrogen-bond acceptors (Lipinski definition) is 4. The third kappa shape index (κ3) is 3.97. The molecule has 1 N–H and O–H groups in total. The summed E-state index contributed by atoms with van der Waals surface area (Å²) in [6, 6.07) is 13.0. The van der Waals surface area contributed by atoms with Gasteiger partial charge in [-0.3, -0.25) is 4.79 Å². The second-order valence-electron chi connectivity index (χ2n) is 6.42. The molecular formula is C20H19FN4O2. The number of nitrogens with one attached hydrogen (secondary N) is 1. The average molecular weight is 366 g/mol. The highest BCUT2D eigenvalue weighted by Gasteiger charge is 2.16. The minimum atomic E-state index is -0.346. The van der Waals surface area contributed by atoms with Crippen LogP contribution >= 0.6 is 0 Å². The first-order chi connectivity index (χ1) is 13.2. The van der Waals surface area contributed by atoms with Crippen LogP contribution in [-0.4, -0.2) is 27.3 Å². The van der Waals surface area contributed by atoms with Crippen molar-refractivity contribution in [1.82, 2.24) is 14.8 Å². The van der Waals surface area contributed by atoms with Crippen molar-refractivity contribution in [3.05, 3.63) is 60.2 Å². The fraction of sp³-hybridized carbons (Fsp3) is 0.250. The molecule has 0 spiro atoms. The molecule has 6 nitrogen and oxygen atoms in total. The van der Waals surface area contributed by atoms with Crippen LogP contribution in [0.4, 0.5) is 10.1 Å². The van der Waals surface area contributed by atoms with Crippen molar-refractivity contribution in [3.63, 3.8) is 0 Å². The Labute approximate surface area is 156 Å². The number of ether oxygens (including phenoxy) is 1. The third-order valence-corrected chi connectivity index (χ3v) is 4.47. The minimum absolute atomic E-state index is 0.148. The van der Waals surface area contributed by atoms with Crippen LogP contribution in [-0.2, 0) is 17.8 Å². The van der Waals surface area contributed by atoms with Gasteiger partial charge in [-0.1, -0.05) is 0 Å². The van der Waals surface area contributed by atoms with Gasteiger partial charge in [0, 0.05) is 24.2 Å². The molecule has 0 atom stereocenters. The Balaban J connectivity index is 1.37. The number of rotatable bonds is 5. The number of aromatic nitrogens is 3. The van der Waals surface area contributed by atoms with Gasteiger partial charge in [-0.05, 0) is 61.4 Å². The van der Waals surface area contributed by atoms with E-state index in [1.165, 1.54) is 24.3 Å². The van der Waals surface area contributed by atoms with E-state index in [1.54, 1.807) is 0 Å². The quantitative estimate of drug-likeness (QED) is 0.751. The second-order valence-corrected chi connectivity index (χ2v) is 6.42. The van der Waals surface area contributed by atoms with Crippen molar-refractivity contribution in [1.29, 1.82) is 0 Å². The number of carbonyl (C=O) groups is 1. The molecule has 3 aromatic rings. The number of hydrogen-bond donors (Lipinski definition) is 1. The number of benzene rings is 2. The van der Waals surface area contributed by atoms with Crippen LogP contribution in [0, 0.1) is 5.82 Å². The van der Waals surface area contributed by atoms with Crippen molar-refractivity contribution < 1.29 is 13.9 Å². The Morgan fingerprint density at radius 3 is 2.63 bits per heavy atom. The van der Waals surface area contributed by atoms with E-state index in [0.29, 0.717) is 11.4 Å². The second kappa shape index (κ2) is 7.57. The molecule has 0 fully saturated rings. The zero-order valence-electron chi connectivity index (χ0n) is 14.7. The maximum atomic E-state index is 12.9. The third-order valence-electron chi connectivity index (χ3n) is 4.47. The van der Waals surface area contributed by atoms with E-state index in [1.807, 2.05) is 24.3 Å². The van der Waals surface area contributed by atoms with Crippen LogP contribution in [0.2, 0.25) is 0 Å². The molecule has 1 aliphatic heterocycles. The van der Waals surface area contributed by atoms with Gasteiger partial charge in [0.2, 0.25) is 0 Å². The highest BCUT2D eigenvalue weighted by molar-refractivity contribution is 5.92. The summed E-state index contributed by atoms with van der Waals surface area (Å²) in [5.41, 5.74) is 1.64. The van der Waals surface area contributed by atoms with E-state index in [9.17, 15) is 9.18 Å². The van der Waals surface area contributed by atoms with Gasteiger partial charge in [-0.2, -0.15) is 0 Å². The molecule has 4 rings (SSSR count). The fourth-order valence-corrected chi connectivity index (χ4v) is 3.10. The first-order valence-corrected chi connectivity index (χ1v) is 8.90. The minimum Gasteiger partial charge on any atom is -0.484 e. The summed E-state index contributed by atoms with van der Waals surface area (Å²) in [6.45, 7) is 0.794. The molecule has 0 bridgehead atoms. The van der Waals surface area contributed by atoms with Gasteiger partial charge in [-0.25, -0.2) is 4.39 Å². The summed E-state index contributed by atoms with van der Waals surface area (Å²) in [6.07, 6.45) is 3.26. The molecule has 27 heavy (non-hydrogen) atoms. The normalized spacial score (nSPS) is 13.1. The van der Waals surface area contributed by atoms with Crippen LogP contribution in [0.3, 0.4) is 0 Å². The lowest BCUT2D eigenvalue weighted by atomic mass is 10.1. The van der Waals surface area contributed by atoms with Crippen molar-refractivity contribution in [2.24, 2.45) is 0 Å². The summed E-state index contributed by atoms with van der Waals surface area (Å²) in [5.74, 6) is 1.71. The van der Waals surface area contributed by atoms with Gasteiger partial charge < -0.3 is 14.6 Å². The van der Waals surface area contributed by atoms with Gasteiger partial charge in [0.25, 0.3) is 5.91 Å². The van der Waals surface area contributed by atoms with Crippen molar-refractivity contribution in [3.8, 4) is 17.1 Å². The van der Waals surface area contributed by atoms with E-state index in [2.05, 4.69) is 20.1 Å². The van der Waals surface area contributed by atoms with E-state index in [-0.39, 0.29) is 18.3 Å². The fourth-order valence-electron chi connectivity index (χ4n) is 3.10. The molecule has 138 valence electrons. The molecule has 2 aromatic carbocycles. The zero-order chi connectivity index (χ0) is 18.6. The first kappa shape index (κ1) is 17.2. The van der Waals surface area contributed by atoms with Crippen molar-refractivity contribution in [2.75, 3.05) is 11.9 Å². The Morgan fingerprint density at radius 2 is 1.85 bits per heavy atom. The molecular weight excluding hydrogens is 347 g/mol. The van der Waals surface area contributed by atoms with Crippen LogP contribution in [0.15, 0.2) is 48.5 Å². The van der Waals surface area contributed by atoms with Gasteiger partial charge in [0.15, 0.2) is 12.4 Å². The van der Waals surface area contributed by atoms with Gasteiger partial charge >= 0.3 is 0 Å². The van der Waals surface area contributed by atoms with E-state index >= 15 is 0 Å². The molecule has 2 heterocycles. The van der Waals surface area contributed by atoms with Crippen LogP contribution in [0.1, 0.15) is 18.7 Å². The number of carbonyl (C=O) groups excluding carboxylic acids is 1. The van der Waals surface area contributed by atoms with Crippen molar-refractivity contribution >= 4 is 11.6 Å². The average Bonchev–Trinajstić information content (AvgIpc) is 3.12. The molecule has 1 aliphatic rings. The zero-order valence-corrected chi connectivity index (χ0v) is 14.7. The molecule has 0 saturated carbocycles.